The zero-order valence-electron chi connectivity index (χ0n) is 31.9. The summed E-state index contributed by atoms with van der Waals surface area (Å²) in [6.45, 7) is 4.72. The highest BCUT2D eigenvalue weighted by Crippen LogP contribution is 2.54. The molecule has 0 unspecified atom stereocenters. The maximum absolute atomic E-state index is 2.48. The van der Waals surface area contributed by atoms with Crippen LogP contribution in [0.4, 0.5) is 17.1 Å². The molecule has 1 heterocycles. The fourth-order valence-electron chi connectivity index (χ4n) is 9.35. The van der Waals surface area contributed by atoms with Gasteiger partial charge in [-0.3, -0.25) is 0 Å². The standard InChI is InChI=1S/C55H39NS/c1-55(2)48-24-9-5-21-46(48)54-45(23-14-25-49(54)55)43-19-7-11-27-51(43)56(50-26-10-6-18-42(50)41-22-13-16-37-15-3-4-17-40(37)41)39-32-29-36(30-33-39)38-31-34-53-47(35-38)44-20-8-12-28-52(44)57-53/h3-35H,1-2H3. The van der Waals surface area contributed by atoms with Crippen LogP contribution in [0.2, 0.25) is 0 Å². The van der Waals surface area contributed by atoms with Gasteiger partial charge >= 0.3 is 0 Å². The third kappa shape index (κ3) is 5.36. The van der Waals surface area contributed by atoms with Crippen molar-refractivity contribution in [3.8, 4) is 44.5 Å². The molecule has 1 aliphatic carbocycles. The van der Waals surface area contributed by atoms with Crippen LogP contribution in [0.5, 0.6) is 0 Å². The summed E-state index contributed by atoms with van der Waals surface area (Å²) in [7, 11) is 0. The van der Waals surface area contributed by atoms with Gasteiger partial charge < -0.3 is 4.90 Å². The van der Waals surface area contributed by atoms with E-state index < -0.39 is 0 Å². The molecule has 0 fully saturated rings. The Morgan fingerprint density at radius 3 is 1.74 bits per heavy atom. The van der Waals surface area contributed by atoms with Crippen LogP contribution < -0.4 is 4.90 Å². The number of fused-ring (bicyclic) bond motifs is 7. The summed E-state index contributed by atoms with van der Waals surface area (Å²) in [5.74, 6) is 0. The van der Waals surface area contributed by atoms with E-state index in [1.165, 1.54) is 86.6 Å². The molecular formula is C55H39NS. The Morgan fingerprint density at radius 2 is 0.930 bits per heavy atom. The average Bonchev–Trinajstić information content (AvgIpc) is 3.76. The van der Waals surface area contributed by atoms with Crippen molar-refractivity contribution < 1.29 is 0 Å². The topological polar surface area (TPSA) is 3.24 Å². The minimum Gasteiger partial charge on any atom is -0.309 e. The molecule has 57 heavy (non-hydrogen) atoms. The molecule has 1 nitrogen and oxygen atoms in total. The lowest BCUT2D eigenvalue weighted by Gasteiger charge is -2.30. The number of benzene rings is 9. The fourth-order valence-corrected chi connectivity index (χ4v) is 10.4. The molecule has 270 valence electrons. The molecule has 0 saturated heterocycles. The first kappa shape index (κ1) is 33.6. The third-order valence-corrected chi connectivity index (χ3v) is 13.3. The molecule has 0 N–H and O–H groups in total. The third-order valence-electron chi connectivity index (χ3n) is 12.1. The maximum atomic E-state index is 2.48. The number of para-hydroxylation sites is 2. The van der Waals surface area contributed by atoms with E-state index in [9.17, 15) is 0 Å². The van der Waals surface area contributed by atoms with Gasteiger partial charge in [-0.25, -0.2) is 0 Å². The van der Waals surface area contributed by atoms with E-state index in [1.807, 2.05) is 11.3 Å². The van der Waals surface area contributed by atoms with Crippen LogP contribution in [0, 0.1) is 0 Å². The molecule has 0 spiro atoms. The minimum atomic E-state index is -0.0916. The van der Waals surface area contributed by atoms with Gasteiger partial charge in [0, 0.05) is 42.4 Å². The van der Waals surface area contributed by atoms with E-state index in [1.54, 1.807) is 0 Å². The van der Waals surface area contributed by atoms with E-state index in [2.05, 4.69) is 219 Å². The quantitative estimate of drug-likeness (QED) is 0.164. The Bertz CT molecular complexity index is 3160. The molecule has 0 saturated carbocycles. The number of rotatable bonds is 6. The molecule has 9 aromatic carbocycles. The van der Waals surface area contributed by atoms with E-state index in [0.29, 0.717) is 0 Å². The normalized spacial score (nSPS) is 12.9. The Kier molecular flexibility index (Phi) is 7.77. The first-order chi connectivity index (χ1) is 28.0. The monoisotopic (exact) mass is 745 g/mol. The van der Waals surface area contributed by atoms with Crippen LogP contribution >= 0.6 is 11.3 Å². The molecule has 10 aromatic rings. The largest absolute Gasteiger partial charge is 0.309 e. The zero-order chi connectivity index (χ0) is 38.1. The number of anilines is 3. The van der Waals surface area contributed by atoms with Crippen LogP contribution in [-0.4, -0.2) is 0 Å². The summed E-state index contributed by atoms with van der Waals surface area (Å²) in [6, 6.07) is 73.9. The molecular weight excluding hydrogens is 707 g/mol. The smallest absolute Gasteiger partial charge is 0.0540 e. The highest BCUT2D eigenvalue weighted by atomic mass is 32.1. The van der Waals surface area contributed by atoms with E-state index in [-0.39, 0.29) is 5.41 Å². The van der Waals surface area contributed by atoms with E-state index >= 15 is 0 Å². The second-order valence-corrected chi connectivity index (χ2v) is 16.7. The Morgan fingerprint density at radius 1 is 0.386 bits per heavy atom. The van der Waals surface area contributed by atoms with Gasteiger partial charge in [0.05, 0.1) is 11.4 Å². The van der Waals surface area contributed by atoms with Crippen molar-refractivity contribution in [3.63, 3.8) is 0 Å². The summed E-state index contributed by atoms with van der Waals surface area (Å²) in [6.07, 6.45) is 0. The van der Waals surface area contributed by atoms with Crippen molar-refractivity contribution in [3.05, 3.63) is 211 Å². The molecule has 1 aromatic heterocycles. The number of hydrogen-bond donors (Lipinski definition) is 0. The Balaban J connectivity index is 1.12. The van der Waals surface area contributed by atoms with Gasteiger partial charge in [-0.1, -0.05) is 172 Å². The van der Waals surface area contributed by atoms with Gasteiger partial charge in [-0.15, -0.1) is 11.3 Å². The molecule has 0 atom stereocenters. The van der Waals surface area contributed by atoms with Crippen molar-refractivity contribution >= 4 is 59.3 Å². The summed E-state index contributed by atoms with van der Waals surface area (Å²) >= 11 is 1.86. The lowest BCUT2D eigenvalue weighted by molar-refractivity contribution is 0.660. The minimum absolute atomic E-state index is 0.0916. The first-order valence-electron chi connectivity index (χ1n) is 19.8. The fraction of sp³-hybridized carbons (Fsp3) is 0.0545. The molecule has 11 rings (SSSR count). The number of thiophene rings is 1. The predicted molar refractivity (Wildman–Crippen MR) is 245 cm³/mol. The summed E-state index contributed by atoms with van der Waals surface area (Å²) in [5, 5.41) is 5.11. The highest BCUT2D eigenvalue weighted by molar-refractivity contribution is 7.25. The van der Waals surface area contributed by atoms with Gasteiger partial charge in [-0.2, -0.15) is 0 Å². The molecule has 0 bridgehead atoms. The van der Waals surface area contributed by atoms with Crippen molar-refractivity contribution in [2.75, 3.05) is 4.90 Å². The van der Waals surface area contributed by atoms with Gasteiger partial charge in [0.2, 0.25) is 0 Å². The Labute approximate surface area is 337 Å². The van der Waals surface area contributed by atoms with E-state index in [0.717, 1.165) is 17.1 Å². The number of nitrogens with zero attached hydrogens (tertiary/aromatic N) is 1. The zero-order valence-corrected chi connectivity index (χ0v) is 32.7. The van der Waals surface area contributed by atoms with Crippen LogP contribution in [-0.2, 0) is 5.41 Å². The molecule has 0 amide bonds. The van der Waals surface area contributed by atoms with Crippen LogP contribution in [0.3, 0.4) is 0 Å². The summed E-state index contributed by atoms with van der Waals surface area (Å²) < 4.78 is 2.65. The average molecular weight is 746 g/mol. The molecule has 2 heteroatoms. The van der Waals surface area contributed by atoms with Gasteiger partial charge in [0.1, 0.15) is 0 Å². The second kappa shape index (κ2) is 13.2. The lowest BCUT2D eigenvalue weighted by Crippen LogP contribution is -2.15. The van der Waals surface area contributed by atoms with Crippen LogP contribution in [0.25, 0.3) is 75.5 Å². The van der Waals surface area contributed by atoms with Crippen LogP contribution in [0.1, 0.15) is 25.0 Å². The second-order valence-electron chi connectivity index (χ2n) is 15.7. The van der Waals surface area contributed by atoms with Crippen molar-refractivity contribution in [1.82, 2.24) is 0 Å². The molecule has 0 radical (unpaired) electrons. The summed E-state index contributed by atoms with van der Waals surface area (Å²) in [5.41, 5.74) is 16.0. The number of hydrogen-bond acceptors (Lipinski definition) is 2. The van der Waals surface area contributed by atoms with Gasteiger partial charge in [0.25, 0.3) is 0 Å². The van der Waals surface area contributed by atoms with Crippen molar-refractivity contribution in [1.29, 1.82) is 0 Å². The van der Waals surface area contributed by atoms with Crippen molar-refractivity contribution in [2.45, 2.75) is 19.3 Å². The Hall–Kier alpha value is -6.74. The maximum Gasteiger partial charge on any atom is 0.0540 e. The lowest BCUT2D eigenvalue weighted by atomic mass is 9.82. The molecule has 0 aliphatic heterocycles. The first-order valence-corrected chi connectivity index (χ1v) is 20.6. The molecule has 1 aliphatic rings. The van der Waals surface area contributed by atoms with Crippen LogP contribution in [0.15, 0.2) is 200 Å². The van der Waals surface area contributed by atoms with Gasteiger partial charge in [0.15, 0.2) is 0 Å². The SMILES string of the molecule is CC1(C)c2ccccc2-c2c(-c3ccccc3N(c3ccc(-c4ccc5sc6ccccc6c5c4)cc3)c3ccccc3-c3cccc4ccccc34)cccc21. The predicted octanol–water partition coefficient (Wildman–Crippen LogP) is 16.0. The highest BCUT2D eigenvalue weighted by Gasteiger charge is 2.37. The van der Waals surface area contributed by atoms with Gasteiger partial charge in [-0.05, 0) is 97.7 Å². The summed E-state index contributed by atoms with van der Waals surface area (Å²) in [4.78, 5) is 2.48. The van der Waals surface area contributed by atoms with Crippen molar-refractivity contribution in [2.24, 2.45) is 0 Å². The van der Waals surface area contributed by atoms with E-state index in [4.69, 9.17) is 0 Å².